The predicted octanol–water partition coefficient (Wildman–Crippen LogP) is 4.41. The van der Waals surface area contributed by atoms with Gasteiger partial charge in [-0.3, -0.25) is 4.79 Å². The first-order valence-corrected chi connectivity index (χ1v) is 9.31. The number of terminal acetylenes is 1. The monoisotopic (exact) mass is 364 g/mol. The molecule has 1 N–H and O–H groups in total. The average Bonchev–Trinajstić information content (AvgIpc) is 2.90. The van der Waals surface area contributed by atoms with E-state index in [-0.39, 0.29) is 22.8 Å². The summed E-state index contributed by atoms with van der Waals surface area (Å²) < 4.78 is 0. The molecule has 0 saturated carbocycles. The van der Waals surface area contributed by atoms with Crippen LogP contribution in [0, 0.1) is 23.7 Å². The van der Waals surface area contributed by atoms with E-state index < -0.39 is 0 Å². The van der Waals surface area contributed by atoms with Crippen molar-refractivity contribution >= 4 is 12.2 Å². The molecule has 150 valence electrons. The van der Waals surface area contributed by atoms with E-state index in [1.807, 2.05) is 0 Å². The molecule has 0 spiro atoms. The van der Waals surface area contributed by atoms with E-state index >= 15 is 0 Å². The molecule has 0 unspecified atom stereocenters. The van der Waals surface area contributed by atoms with Crippen molar-refractivity contribution in [1.29, 1.82) is 0 Å². The van der Waals surface area contributed by atoms with E-state index in [9.17, 15) is 4.79 Å². The zero-order valence-corrected chi connectivity index (χ0v) is 18.2. The number of rotatable bonds is 4. The number of likely N-dealkylation sites (tertiary alicyclic amines) is 1. The van der Waals surface area contributed by atoms with Gasteiger partial charge in [-0.1, -0.05) is 48.1 Å². The Labute approximate surface area is 161 Å². The lowest BCUT2D eigenvalue weighted by molar-refractivity contribution is -0.124. The minimum absolute atomic E-state index is 0.00657. The summed E-state index contributed by atoms with van der Waals surface area (Å²) in [6, 6.07) is 0.523. The fourth-order valence-electron chi connectivity index (χ4n) is 3.02. The normalized spacial score (nSPS) is 17.8. The molecule has 0 radical (unpaired) electrons. The van der Waals surface area contributed by atoms with Crippen LogP contribution < -0.4 is 5.32 Å². The Hall–Kier alpha value is -1.76. The Balaban J connectivity index is 0. The predicted molar refractivity (Wildman–Crippen MR) is 112 cm³/mol. The number of nitrogens with one attached hydrogen (secondary N) is 1. The van der Waals surface area contributed by atoms with Crippen LogP contribution in [-0.4, -0.2) is 35.7 Å². The summed E-state index contributed by atoms with van der Waals surface area (Å²) in [4.78, 5) is 23.5. The van der Waals surface area contributed by atoms with Crippen molar-refractivity contribution in [3.05, 3.63) is 12.3 Å². The van der Waals surface area contributed by atoms with Crippen LogP contribution >= 0.6 is 0 Å². The highest BCUT2D eigenvalue weighted by Crippen LogP contribution is 2.31. The van der Waals surface area contributed by atoms with Gasteiger partial charge in [-0.15, -0.1) is 12.8 Å². The van der Waals surface area contributed by atoms with Crippen molar-refractivity contribution in [2.24, 2.45) is 10.8 Å². The third kappa shape index (κ3) is 10.3. The lowest BCUT2D eigenvalue weighted by atomic mass is 9.83. The summed E-state index contributed by atoms with van der Waals surface area (Å²) in [7, 11) is 0. The molecule has 1 amide bonds. The highest BCUT2D eigenvalue weighted by molar-refractivity contribution is 5.77. The fraction of sp³-hybridized carbons (Fsp3) is 0.727. The summed E-state index contributed by atoms with van der Waals surface area (Å²) in [6.07, 6.45) is 11.7. The summed E-state index contributed by atoms with van der Waals surface area (Å²) in [5, 5.41) is 3.23. The van der Waals surface area contributed by atoms with Crippen LogP contribution in [0.2, 0.25) is 0 Å². The largest absolute Gasteiger partial charge is 0.371 e. The number of nitrogens with zero attached hydrogens (tertiary/aromatic N) is 1. The van der Waals surface area contributed by atoms with Gasteiger partial charge in [0.25, 0.3) is 0 Å². The summed E-state index contributed by atoms with van der Waals surface area (Å²) >= 11 is 0. The topological polar surface area (TPSA) is 49.4 Å². The van der Waals surface area contributed by atoms with Gasteiger partial charge in [-0.25, -0.2) is 0 Å². The first-order valence-electron chi connectivity index (χ1n) is 9.31. The number of hydrogen-bond acceptors (Lipinski definition) is 3. The number of hydrogen-bond donors (Lipinski definition) is 1. The molecule has 0 aromatic rings. The second-order valence-electron chi connectivity index (χ2n) is 9.02. The molecule has 0 bridgehead atoms. The van der Waals surface area contributed by atoms with E-state index in [0.29, 0.717) is 12.5 Å². The summed E-state index contributed by atoms with van der Waals surface area (Å²) in [6.45, 7) is 21.8. The quantitative estimate of drug-likeness (QED) is 0.594. The maximum atomic E-state index is 12.3. The average molecular weight is 365 g/mol. The van der Waals surface area contributed by atoms with Gasteiger partial charge in [0.2, 0.25) is 5.91 Å². The molecule has 1 saturated heterocycles. The van der Waals surface area contributed by atoms with E-state index in [0.717, 1.165) is 18.5 Å². The van der Waals surface area contributed by atoms with Crippen LogP contribution in [0.3, 0.4) is 0 Å². The summed E-state index contributed by atoms with van der Waals surface area (Å²) in [5.74, 6) is 0.121. The van der Waals surface area contributed by atoms with E-state index in [4.69, 9.17) is 4.79 Å². The molecule has 0 aliphatic carbocycles. The van der Waals surface area contributed by atoms with Crippen molar-refractivity contribution < 1.29 is 9.59 Å². The zero-order valence-electron chi connectivity index (χ0n) is 18.2. The van der Waals surface area contributed by atoms with Crippen molar-refractivity contribution in [3.63, 3.8) is 0 Å². The Bertz CT molecular complexity index is 467. The van der Waals surface area contributed by atoms with Crippen LogP contribution in [0.1, 0.15) is 74.7 Å². The number of amides is 1. The molecular formula is C22H40N2O2. The Kier molecular flexibility index (Phi) is 12.0. The van der Waals surface area contributed by atoms with Crippen molar-refractivity contribution in [1.82, 2.24) is 10.2 Å². The third-order valence-electron chi connectivity index (χ3n) is 4.12. The van der Waals surface area contributed by atoms with Gasteiger partial charge in [-0.05, 0) is 37.5 Å². The Morgan fingerprint density at radius 1 is 1.27 bits per heavy atom. The molecular weight excluding hydrogens is 324 g/mol. The first-order chi connectivity index (χ1) is 11.8. The first kappa shape index (κ1) is 26.5. The highest BCUT2D eigenvalue weighted by Gasteiger charge is 2.34. The lowest BCUT2D eigenvalue weighted by Gasteiger charge is -2.39. The third-order valence-corrected chi connectivity index (χ3v) is 4.12. The van der Waals surface area contributed by atoms with Crippen LogP contribution in [0.4, 0.5) is 0 Å². The van der Waals surface area contributed by atoms with E-state index in [2.05, 4.69) is 78.1 Å². The smallest absolute Gasteiger partial charge is 0.221 e. The minimum atomic E-state index is -0.0348. The van der Waals surface area contributed by atoms with Gasteiger partial charge < -0.3 is 15.0 Å². The van der Waals surface area contributed by atoms with Gasteiger partial charge >= 0.3 is 0 Å². The van der Waals surface area contributed by atoms with Crippen LogP contribution in [-0.2, 0) is 9.59 Å². The lowest BCUT2D eigenvalue weighted by Crippen LogP contribution is -2.49. The minimum Gasteiger partial charge on any atom is -0.371 e. The number of carbonyl (C=O) groups excluding carboxylic acids is 2. The zero-order chi connectivity index (χ0) is 21.1. The highest BCUT2D eigenvalue weighted by atomic mass is 16.1. The second-order valence-corrected chi connectivity index (χ2v) is 9.02. The molecule has 2 atom stereocenters. The van der Waals surface area contributed by atoms with Gasteiger partial charge in [0.1, 0.15) is 6.29 Å². The van der Waals surface area contributed by atoms with Gasteiger partial charge in [0.05, 0.1) is 6.04 Å². The SMILES string of the molecule is C#C.C=C([C@@H](NC(=O)CC(C)(C)C)C(C)(C)C)N1CCC[C@H]1C.CC=O. The Morgan fingerprint density at radius 3 is 2.04 bits per heavy atom. The van der Waals surface area contributed by atoms with Crippen molar-refractivity contribution in [2.45, 2.75) is 86.7 Å². The molecule has 1 aliphatic rings. The Morgan fingerprint density at radius 2 is 1.73 bits per heavy atom. The van der Waals surface area contributed by atoms with Crippen molar-refractivity contribution in [2.75, 3.05) is 6.54 Å². The van der Waals surface area contributed by atoms with Crippen LogP contribution in [0.5, 0.6) is 0 Å². The maximum absolute atomic E-state index is 12.3. The molecule has 4 heteroatoms. The fourth-order valence-corrected chi connectivity index (χ4v) is 3.02. The maximum Gasteiger partial charge on any atom is 0.221 e. The molecule has 1 rings (SSSR count). The van der Waals surface area contributed by atoms with Crippen LogP contribution in [0.15, 0.2) is 12.3 Å². The standard InChI is InChI=1S/C18H34N2O.C2H4O.C2H2/c1-13-10-9-11-20(13)14(2)16(18(6,7)8)19-15(21)12-17(3,4)5;1-2-3;1-2/h13,16H,2,9-12H2,1,3-8H3,(H,19,21);2H,1H3;1-2H/t13-,16-;;/m1../s1. The molecule has 0 aromatic heterocycles. The number of aldehydes is 1. The second kappa shape index (κ2) is 11.8. The van der Waals surface area contributed by atoms with Gasteiger partial charge in [0, 0.05) is 24.7 Å². The molecule has 4 nitrogen and oxygen atoms in total. The number of carbonyl (C=O) groups is 2. The molecule has 1 heterocycles. The molecule has 1 fully saturated rings. The van der Waals surface area contributed by atoms with Gasteiger partial charge in [0.15, 0.2) is 0 Å². The molecule has 26 heavy (non-hydrogen) atoms. The van der Waals surface area contributed by atoms with E-state index in [1.165, 1.54) is 19.8 Å². The van der Waals surface area contributed by atoms with E-state index in [1.54, 1.807) is 0 Å². The van der Waals surface area contributed by atoms with Crippen molar-refractivity contribution in [3.8, 4) is 12.8 Å². The molecule has 1 aliphatic heterocycles. The van der Waals surface area contributed by atoms with Crippen LogP contribution in [0.25, 0.3) is 0 Å². The summed E-state index contributed by atoms with van der Waals surface area (Å²) in [5.41, 5.74) is 1.04. The van der Waals surface area contributed by atoms with Gasteiger partial charge in [-0.2, -0.15) is 0 Å². The molecule has 0 aromatic carbocycles.